The molecule has 0 aliphatic heterocycles. The molecule has 3 N–H and O–H groups in total. The van der Waals surface area contributed by atoms with Crippen molar-refractivity contribution in [3.05, 3.63) is 29.3 Å². The number of amides is 1. The molecule has 4 heteroatoms. The summed E-state index contributed by atoms with van der Waals surface area (Å²) in [5, 5.41) is 2.87. The van der Waals surface area contributed by atoms with Crippen molar-refractivity contribution >= 4 is 5.91 Å². The van der Waals surface area contributed by atoms with Gasteiger partial charge in [-0.1, -0.05) is 6.07 Å². The lowest BCUT2D eigenvalue weighted by molar-refractivity contribution is -0.124. The van der Waals surface area contributed by atoms with E-state index in [4.69, 9.17) is 10.5 Å². The van der Waals surface area contributed by atoms with Crippen molar-refractivity contribution in [1.29, 1.82) is 0 Å². The van der Waals surface area contributed by atoms with Gasteiger partial charge in [0.05, 0.1) is 0 Å². The minimum atomic E-state index is -0.237. The lowest BCUT2D eigenvalue weighted by atomic mass is 9.88. The van der Waals surface area contributed by atoms with Crippen LogP contribution in [0.3, 0.4) is 0 Å². The highest BCUT2D eigenvalue weighted by Crippen LogP contribution is 2.30. The molecule has 0 bridgehead atoms. The number of nitrogens with two attached hydrogens (primary N) is 1. The number of aryl methyl sites for hydroxylation is 1. The molecule has 0 saturated heterocycles. The summed E-state index contributed by atoms with van der Waals surface area (Å²) in [6, 6.07) is 6.04. The van der Waals surface area contributed by atoms with E-state index in [-0.39, 0.29) is 24.1 Å². The maximum absolute atomic E-state index is 11.7. The minimum Gasteiger partial charge on any atom is -0.484 e. The van der Waals surface area contributed by atoms with Crippen LogP contribution >= 0.6 is 0 Å². The third-order valence-electron chi connectivity index (χ3n) is 3.36. The molecule has 0 spiro atoms. The number of carbonyl (C=O) groups is 1. The Morgan fingerprint density at radius 1 is 1.45 bits per heavy atom. The van der Waals surface area contributed by atoms with Gasteiger partial charge in [0.25, 0.3) is 5.91 Å². The summed E-state index contributed by atoms with van der Waals surface area (Å²) in [5.41, 5.74) is 8.34. The highest BCUT2D eigenvalue weighted by molar-refractivity contribution is 5.78. The molecule has 1 aromatic carbocycles. The van der Waals surface area contributed by atoms with Gasteiger partial charge >= 0.3 is 0 Å². The second kappa shape index (κ2) is 5.83. The first-order chi connectivity index (χ1) is 9.35. The molecule has 0 fully saturated rings. The highest BCUT2D eigenvalue weighted by Gasteiger charge is 2.18. The molecule has 0 aromatic heterocycles. The van der Waals surface area contributed by atoms with E-state index >= 15 is 0 Å². The van der Waals surface area contributed by atoms with Crippen LogP contribution in [0.15, 0.2) is 18.2 Å². The van der Waals surface area contributed by atoms with Gasteiger partial charge in [0.15, 0.2) is 6.61 Å². The van der Waals surface area contributed by atoms with Crippen LogP contribution in [0.25, 0.3) is 0 Å². The SMILES string of the molecule is CC(C)(C)NC(=O)COc1ccc2c(c1)[C@H](N)CCC2. The summed E-state index contributed by atoms with van der Waals surface area (Å²) in [7, 11) is 0. The number of fused-ring (bicyclic) bond motifs is 1. The van der Waals surface area contributed by atoms with E-state index in [1.807, 2.05) is 32.9 Å². The summed E-state index contributed by atoms with van der Waals surface area (Å²) in [6.45, 7) is 5.87. The third-order valence-corrected chi connectivity index (χ3v) is 3.36. The van der Waals surface area contributed by atoms with Gasteiger partial charge in [-0.15, -0.1) is 0 Å². The fourth-order valence-corrected chi connectivity index (χ4v) is 2.51. The van der Waals surface area contributed by atoms with E-state index in [0.29, 0.717) is 5.75 Å². The van der Waals surface area contributed by atoms with E-state index in [1.165, 1.54) is 5.56 Å². The summed E-state index contributed by atoms with van der Waals surface area (Å²) < 4.78 is 5.56. The number of benzene rings is 1. The van der Waals surface area contributed by atoms with Crippen molar-refractivity contribution in [2.75, 3.05) is 6.61 Å². The third kappa shape index (κ3) is 3.97. The standard InChI is InChI=1S/C16H24N2O2/c1-16(2,3)18-15(19)10-20-12-8-7-11-5-4-6-14(17)13(11)9-12/h7-9,14H,4-6,10,17H2,1-3H3,(H,18,19)/t14-/m1/s1. The molecular weight excluding hydrogens is 252 g/mol. The van der Waals surface area contributed by atoms with Crippen LogP contribution in [0.2, 0.25) is 0 Å². The Balaban J connectivity index is 1.97. The Kier molecular flexibility index (Phi) is 4.33. The molecule has 110 valence electrons. The molecule has 2 rings (SSSR count). The fourth-order valence-electron chi connectivity index (χ4n) is 2.51. The van der Waals surface area contributed by atoms with Crippen molar-refractivity contribution in [3.63, 3.8) is 0 Å². The number of hydrogen-bond acceptors (Lipinski definition) is 3. The monoisotopic (exact) mass is 276 g/mol. The van der Waals surface area contributed by atoms with E-state index in [2.05, 4.69) is 11.4 Å². The Morgan fingerprint density at radius 3 is 2.90 bits per heavy atom. The van der Waals surface area contributed by atoms with E-state index in [0.717, 1.165) is 24.8 Å². The Labute approximate surface area is 120 Å². The van der Waals surface area contributed by atoms with Crippen LogP contribution in [-0.2, 0) is 11.2 Å². The second-order valence-electron chi connectivity index (χ2n) is 6.45. The molecule has 0 radical (unpaired) electrons. The van der Waals surface area contributed by atoms with Gasteiger partial charge in [-0.3, -0.25) is 4.79 Å². The Bertz CT molecular complexity index is 492. The van der Waals surface area contributed by atoms with Crippen LogP contribution in [0, 0.1) is 0 Å². The van der Waals surface area contributed by atoms with Gasteiger partial charge in [-0.25, -0.2) is 0 Å². The first kappa shape index (κ1) is 14.9. The lowest BCUT2D eigenvalue weighted by Gasteiger charge is -2.23. The average Bonchev–Trinajstić information content (AvgIpc) is 2.35. The fraction of sp³-hybridized carbons (Fsp3) is 0.562. The topological polar surface area (TPSA) is 64.3 Å². The molecule has 20 heavy (non-hydrogen) atoms. The zero-order valence-electron chi connectivity index (χ0n) is 12.5. The number of nitrogens with one attached hydrogen (secondary N) is 1. The van der Waals surface area contributed by atoms with E-state index in [9.17, 15) is 4.79 Å². The smallest absolute Gasteiger partial charge is 0.258 e. The van der Waals surface area contributed by atoms with Crippen molar-refractivity contribution in [1.82, 2.24) is 5.32 Å². The predicted molar refractivity (Wildman–Crippen MR) is 79.7 cm³/mol. The number of carbonyl (C=O) groups excluding carboxylic acids is 1. The van der Waals surface area contributed by atoms with Gasteiger partial charge < -0.3 is 15.8 Å². The first-order valence-corrected chi connectivity index (χ1v) is 7.17. The summed E-state index contributed by atoms with van der Waals surface area (Å²) >= 11 is 0. The highest BCUT2D eigenvalue weighted by atomic mass is 16.5. The molecule has 4 nitrogen and oxygen atoms in total. The number of hydrogen-bond donors (Lipinski definition) is 2. The first-order valence-electron chi connectivity index (χ1n) is 7.17. The molecule has 0 saturated carbocycles. The molecule has 1 amide bonds. The quantitative estimate of drug-likeness (QED) is 0.890. The van der Waals surface area contributed by atoms with Crippen molar-refractivity contribution in [2.24, 2.45) is 5.73 Å². The maximum Gasteiger partial charge on any atom is 0.258 e. The van der Waals surface area contributed by atoms with Crippen LogP contribution in [0.4, 0.5) is 0 Å². The Hall–Kier alpha value is -1.55. The summed E-state index contributed by atoms with van der Waals surface area (Å²) in [6.07, 6.45) is 3.23. The largest absolute Gasteiger partial charge is 0.484 e. The van der Waals surface area contributed by atoms with Gasteiger partial charge in [0, 0.05) is 11.6 Å². The zero-order valence-corrected chi connectivity index (χ0v) is 12.5. The van der Waals surface area contributed by atoms with Gasteiger partial charge in [0.1, 0.15) is 5.75 Å². The van der Waals surface area contributed by atoms with Crippen molar-refractivity contribution in [2.45, 2.75) is 51.6 Å². The van der Waals surface area contributed by atoms with Crippen LogP contribution < -0.4 is 15.8 Å². The maximum atomic E-state index is 11.7. The van der Waals surface area contributed by atoms with Gasteiger partial charge in [-0.05, 0) is 63.3 Å². The average molecular weight is 276 g/mol. The van der Waals surface area contributed by atoms with Gasteiger partial charge in [-0.2, -0.15) is 0 Å². The van der Waals surface area contributed by atoms with Crippen LogP contribution in [0.1, 0.15) is 50.8 Å². The van der Waals surface area contributed by atoms with Gasteiger partial charge in [0.2, 0.25) is 0 Å². The number of ether oxygens (including phenoxy) is 1. The summed E-state index contributed by atoms with van der Waals surface area (Å²) in [5.74, 6) is 0.602. The van der Waals surface area contributed by atoms with Crippen molar-refractivity contribution < 1.29 is 9.53 Å². The molecule has 1 atom stereocenters. The normalized spacial score (nSPS) is 18.3. The molecule has 0 heterocycles. The van der Waals surface area contributed by atoms with Crippen molar-refractivity contribution in [3.8, 4) is 5.75 Å². The van der Waals surface area contributed by atoms with E-state index < -0.39 is 0 Å². The predicted octanol–water partition coefficient (Wildman–Crippen LogP) is 2.32. The van der Waals surface area contributed by atoms with Crippen LogP contribution in [0.5, 0.6) is 5.75 Å². The number of rotatable bonds is 3. The lowest BCUT2D eigenvalue weighted by Crippen LogP contribution is -2.43. The molecule has 1 aliphatic carbocycles. The Morgan fingerprint density at radius 2 is 2.20 bits per heavy atom. The molecular formula is C16H24N2O2. The van der Waals surface area contributed by atoms with E-state index in [1.54, 1.807) is 0 Å². The minimum absolute atomic E-state index is 0.0330. The summed E-state index contributed by atoms with van der Waals surface area (Å²) in [4.78, 5) is 11.7. The molecule has 1 aliphatic rings. The zero-order chi connectivity index (χ0) is 14.8. The van der Waals surface area contributed by atoms with Crippen LogP contribution in [-0.4, -0.2) is 18.1 Å². The molecule has 1 aromatic rings. The molecule has 0 unspecified atom stereocenters. The second-order valence-corrected chi connectivity index (χ2v) is 6.45.